The summed E-state index contributed by atoms with van der Waals surface area (Å²) >= 11 is 0. The van der Waals surface area contributed by atoms with Gasteiger partial charge in [0.15, 0.2) is 5.78 Å². The molecule has 0 amide bonds. The number of ketones is 1. The SMILES string of the molecule is CC(=O)O[C@H]1O[C@@H](C2OC2(C)C)C[C@@H]1[C@H]1CC=C2[C@@]3(C)[C@H]([C@H](O)C[C@@]21C)[C@@]1(C)C=CC(=O)C(C)(C)[C@@H]1C[C@H]3OC(C)=O. The van der Waals surface area contributed by atoms with Crippen LogP contribution in [0.2, 0.25) is 0 Å². The topological polar surface area (TPSA) is 112 Å². The van der Waals surface area contributed by atoms with E-state index in [0.29, 0.717) is 19.3 Å². The Balaban J connectivity index is 1.40. The van der Waals surface area contributed by atoms with Crippen molar-refractivity contribution in [3.63, 3.8) is 0 Å². The molecule has 1 unspecified atom stereocenters. The van der Waals surface area contributed by atoms with E-state index < -0.39 is 40.2 Å². The van der Waals surface area contributed by atoms with Crippen LogP contribution in [0.15, 0.2) is 23.8 Å². The molecule has 0 aromatic rings. The van der Waals surface area contributed by atoms with Gasteiger partial charge in [0.05, 0.1) is 17.8 Å². The van der Waals surface area contributed by atoms with Gasteiger partial charge in [0.1, 0.15) is 12.2 Å². The van der Waals surface area contributed by atoms with Crippen molar-refractivity contribution in [3.05, 3.63) is 23.8 Å². The number of carbonyl (C=O) groups excluding carboxylic acids is 3. The largest absolute Gasteiger partial charge is 0.462 e. The number of hydrogen-bond acceptors (Lipinski definition) is 8. The first-order valence-corrected chi connectivity index (χ1v) is 15.7. The van der Waals surface area contributed by atoms with Gasteiger partial charge in [-0.05, 0) is 68.3 Å². The first-order chi connectivity index (χ1) is 19.4. The lowest BCUT2D eigenvalue weighted by atomic mass is 9.37. The number of rotatable bonds is 4. The van der Waals surface area contributed by atoms with Crippen LogP contribution in [-0.4, -0.2) is 59.1 Å². The van der Waals surface area contributed by atoms with Crippen molar-refractivity contribution < 1.29 is 38.4 Å². The third kappa shape index (κ3) is 4.07. The Morgan fingerprint density at radius 1 is 1.00 bits per heavy atom. The lowest BCUT2D eigenvalue weighted by Gasteiger charge is -2.67. The molecule has 232 valence electrons. The van der Waals surface area contributed by atoms with Gasteiger partial charge in [-0.25, -0.2) is 0 Å². The highest BCUT2D eigenvalue weighted by Crippen LogP contribution is 2.73. The van der Waals surface area contributed by atoms with Crippen molar-refractivity contribution in [1.29, 1.82) is 0 Å². The van der Waals surface area contributed by atoms with E-state index in [1.165, 1.54) is 19.4 Å². The standard InChI is InChI=1S/C34H48O8/c1-17(35)39-26-15-24-30(3,4)25(38)12-13-32(24,7)27-21(37)16-33(8)20(10-11-23(33)34(26,27)9)19-14-22(28-31(5,6)42-28)41-29(19)40-18(2)36/h11-13,19-22,24,26-29,37H,10,14-16H2,1-9H3/t19-,20-,21-,22-,24+,26-,27-,28?,29+,32+,33-,34-/m1/s1. The number of hydrogen-bond donors (Lipinski definition) is 1. The van der Waals surface area contributed by atoms with Gasteiger partial charge < -0.3 is 24.1 Å². The highest BCUT2D eigenvalue weighted by Gasteiger charge is 2.72. The number of fused-ring (bicyclic) bond motifs is 5. The Hall–Kier alpha value is -2.03. The molecule has 2 saturated heterocycles. The molecule has 6 aliphatic rings. The lowest BCUT2D eigenvalue weighted by molar-refractivity contribution is -0.213. The second kappa shape index (κ2) is 9.24. The van der Waals surface area contributed by atoms with Gasteiger partial charge in [-0.3, -0.25) is 14.4 Å². The van der Waals surface area contributed by atoms with Gasteiger partial charge in [-0.15, -0.1) is 0 Å². The molecule has 12 atom stereocenters. The van der Waals surface area contributed by atoms with Crippen LogP contribution < -0.4 is 0 Å². The van der Waals surface area contributed by atoms with Crippen LogP contribution in [0.3, 0.4) is 0 Å². The molecule has 8 nitrogen and oxygen atoms in total. The molecule has 8 heteroatoms. The summed E-state index contributed by atoms with van der Waals surface area (Å²) in [7, 11) is 0. The van der Waals surface area contributed by atoms with Crippen molar-refractivity contribution in [2.45, 2.75) is 124 Å². The van der Waals surface area contributed by atoms with Gasteiger partial charge in [0, 0.05) is 36.5 Å². The molecule has 0 bridgehead atoms. The summed E-state index contributed by atoms with van der Waals surface area (Å²) in [5, 5.41) is 12.2. The van der Waals surface area contributed by atoms with E-state index in [9.17, 15) is 19.5 Å². The Morgan fingerprint density at radius 2 is 1.64 bits per heavy atom. The van der Waals surface area contributed by atoms with Gasteiger partial charge in [0.2, 0.25) is 6.29 Å². The molecule has 2 aliphatic heterocycles. The second-order valence-electron chi connectivity index (χ2n) is 15.8. The van der Waals surface area contributed by atoms with Crippen molar-refractivity contribution in [2.75, 3.05) is 0 Å². The number of epoxide rings is 1. The molecule has 0 aromatic carbocycles. The van der Waals surface area contributed by atoms with Crippen molar-refractivity contribution in [1.82, 2.24) is 0 Å². The quantitative estimate of drug-likeness (QED) is 0.282. The molecule has 0 radical (unpaired) electrons. The molecule has 2 saturated carbocycles. The maximum atomic E-state index is 13.1. The third-order valence-corrected chi connectivity index (χ3v) is 12.6. The Kier molecular flexibility index (Phi) is 6.60. The van der Waals surface area contributed by atoms with Crippen molar-refractivity contribution in [2.24, 2.45) is 45.3 Å². The van der Waals surface area contributed by atoms with Gasteiger partial charge in [0.25, 0.3) is 0 Å². The number of carbonyl (C=O) groups is 3. The van der Waals surface area contributed by atoms with Crippen LogP contribution in [0.25, 0.3) is 0 Å². The zero-order valence-electron chi connectivity index (χ0n) is 26.6. The Labute approximate surface area is 249 Å². The lowest BCUT2D eigenvalue weighted by Crippen LogP contribution is -2.68. The van der Waals surface area contributed by atoms with Crippen molar-refractivity contribution in [3.8, 4) is 0 Å². The van der Waals surface area contributed by atoms with E-state index in [1.807, 2.05) is 33.8 Å². The Morgan fingerprint density at radius 3 is 2.24 bits per heavy atom. The molecule has 4 aliphatic carbocycles. The molecule has 6 rings (SSSR count). The molecule has 42 heavy (non-hydrogen) atoms. The van der Waals surface area contributed by atoms with Gasteiger partial charge in [-0.1, -0.05) is 52.3 Å². The van der Waals surface area contributed by atoms with Crippen molar-refractivity contribution >= 4 is 17.7 Å². The predicted molar refractivity (Wildman–Crippen MR) is 154 cm³/mol. The van der Waals surface area contributed by atoms with Crippen LogP contribution in [0, 0.1) is 45.3 Å². The summed E-state index contributed by atoms with van der Waals surface area (Å²) in [5.74, 6) is -1.04. The number of allylic oxidation sites excluding steroid dienone is 3. The summed E-state index contributed by atoms with van der Waals surface area (Å²) in [5.41, 5.74) is -1.27. The number of aliphatic hydroxyl groups is 1. The van der Waals surface area contributed by atoms with Crippen LogP contribution in [-0.2, 0) is 33.3 Å². The fourth-order valence-corrected chi connectivity index (χ4v) is 10.8. The first-order valence-electron chi connectivity index (χ1n) is 15.7. The first kappa shape index (κ1) is 30.0. The van der Waals surface area contributed by atoms with Crippen LogP contribution in [0.1, 0.15) is 88.0 Å². The Bertz CT molecular complexity index is 1260. The molecule has 4 fully saturated rings. The summed E-state index contributed by atoms with van der Waals surface area (Å²) in [6.45, 7) is 17.5. The minimum absolute atomic E-state index is 0.0474. The summed E-state index contributed by atoms with van der Waals surface area (Å²) in [4.78, 5) is 37.8. The molecule has 0 aromatic heterocycles. The molecular formula is C34H48O8. The van der Waals surface area contributed by atoms with E-state index in [0.717, 1.165) is 6.42 Å². The molecular weight excluding hydrogens is 536 g/mol. The normalized spacial score (nSPS) is 49.8. The smallest absolute Gasteiger partial charge is 0.304 e. The summed E-state index contributed by atoms with van der Waals surface area (Å²) in [6, 6.07) is 0. The third-order valence-electron chi connectivity index (χ3n) is 12.6. The van der Waals surface area contributed by atoms with Crippen LogP contribution in [0.4, 0.5) is 0 Å². The molecule has 1 N–H and O–H groups in total. The molecule has 2 heterocycles. The molecule has 0 spiro atoms. The zero-order valence-corrected chi connectivity index (χ0v) is 26.6. The zero-order chi connectivity index (χ0) is 30.8. The van der Waals surface area contributed by atoms with Crippen LogP contribution in [0.5, 0.6) is 0 Å². The van der Waals surface area contributed by atoms with E-state index >= 15 is 0 Å². The maximum Gasteiger partial charge on any atom is 0.304 e. The van der Waals surface area contributed by atoms with Gasteiger partial charge >= 0.3 is 11.9 Å². The van der Waals surface area contributed by atoms with E-state index in [1.54, 1.807) is 6.08 Å². The monoisotopic (exact) mass is 584 g/mol. The van der Waals surface area contributed by atoms with E-state index in [4.69, 9.17) is 18.9 Å². The maximum absolute atomic E-state index is 13.1. The van der Waals surface area contributed by atoms with E-state index in [2.05, 4.69) is 26.8 Å². The highest BCUT2D eigenvalue weighted by molar-refractivity contribution is 5.95. The minimum atomic E-state index is -0.701. The minimum Gasteiger partial charge on any atom is -0.462 e. The summed E-state index contributed by atoms with van der Waals surface area (Å²) < 4.78 is 24.2. The predicted octanol–water partition coefficient (Wildman–Crippen LogP) is 4.92. The average molecular weight is 585 g/mol. The average Bonchev–Trinajstić information content (AvgIpc) is 3.14. The number of ether oxygens (including phenoxy) is 4. The highest BCUT2D eigenvalue weighted by atomic mass is 16.7. The van der Waals surface area contributed by atoms with E-state index in [-0.39, 0.29) is 59.2 Å². The van der Waals surface area contributed by atoms with Crippen LogP contribution >= 0.6 is 0 Å². The number of aliphatic hydroxyl groups excluding tert-OH is 1. The fourth-order valence-electron chi connectivity index (χ4n) is 10.8. The van der Waals surface area contributed by atoms with Gasteiger partial charge in [-0.2, -0.15) is 0 Å². The second-order valence-corrected chi connectivity index (χ2v) is 15.8. The summed E-state index contributed by atoms with van der Waals surface area (Å²) in [6.07, 6.45) is 6.46. The number of esters is 2. The fraction of sp³-hybridized carbons (Fsp3) is 0.794.